The molecule has 2 aromatic rings. The van der Waals surface area contributed by atoms with Gasteiger partial charge < -0.3 is 14.4 Å². The van der Waals surface area contributed by atoms with Crippen molar-refractivity contribution >= 4 is 11.6 Å². The smallest absolute Gasteiger partial charge is 0.254 e. The van der Waals surface area contributed by atoms with Gasteiger partial charge in [-0.3, -0.25) is 4.90 Å². The Morgan fingerprint density at radius 2 is 2.12 bits per heavy atom. The van der Waals surface area contributed by atoms with Crippen LogP contribution in [0.4, 0.5) is 5.82 Å². The molecule has 2 fully saturated rings. The standard InChI is InChI=1S/C17H26N6O2/c1-14-12-15(23-17(20-14)18-13-19-23)22-7-5-21(6-8-22)9-11-25-16-4-2-3-10-24-16/h12-13,16H,2-11H2,1H3/t16-/m0/s1. The number of nitrogens with zero attached hydrogens (tertiary/aromatic N) is 6. The minimum absolute atomic E-state index is 0.00966. The summed E-state index contributed by atoms with van der Waals surface area (Å²) in [7, 11) is 0. The van der Waals surface area contributed by atoms with E-state index in [1.807, 2.05) is 11.4 Å². The van der Waals surface area contributed by atoms with E-state index in [1.165, 1.54) is 6.42 Å². The number of hydrogen-bond acceptors (Lipinski definition) is 7. The van der Waals surface area contributed by atoms with Crippen molar-refractivity contribution in [3.8, 4) is 0 Å². The molecular formula is C17H26N6O2. The summed E-state index contributed by atoms with van der Waals surface area (Å²) < 4.78 is 13.3. The summed E-state index contributed by atoms with van der Waals surface area (Å²) >= 11 is 0. The van der Waals surface area contributed by atoms with E-state index in [4.69, 9.17) is 9.47 Å². The van der Waals surface area contributed by atoms with Crippen LogP contribution in [0, 0.1) is 6.92 Å². The molecule has 25 heavy (non-hydrogen) atoms. The van der Waals surface area contributed by atoms with Crippen LogP contribution in [0.15, 0.2) is 12.4 Å². The molecule has 2 aromatic heterocycles. The van der Waals surface area contributed by atoms with Crippen molar-refractivity contribution < 1.29 is 9.47 Å². The molecular weight excluding hydrogens is 320 g/mol. The van der Waals surface area contributed by atoms with Gasteiger partial charge in [0.2, 0.25) is 0 Å². The third kappa shape index (κ3) is 3.91. The van der Waals surface area contributed by atoms with Crippen molar-refractivity contribution in [2.75, 3.05) is 50.8 Å². The average molecular weight is 346 g/mol. The normalized spacial score (nSPS) is 22.6. The van der Waals surface area contributed by atoms with Gasteiger partial charge in [-0.25, -0.2) is 4.98 Å². The lowest BCUT2D eigenvalue weighted by molar-refractivity contribution is -0.164. The van der Waals surface area contributed by atoms with Gasteiger partial charge in [-0.1, -0.05) is 0 Å². The molecule has 0 saturated carbocycles. The number of piperazine rings is 1. The van der Waals surface area contributed by atoms with Crippen LogP contribution in [0.25, 0.3) is 5.78 Å². The van der Waals surface area contributed by atoms with Gasteiger partial charge in [-0.05, 0) is 26.2 Å². The van der Waals surface area contributed by atoms with Gasteiger partial charge in [0, 0.05) is 51.1 Å². The molecule has 1 atom stereocenters. The molecule has 0 spiro atoms. The molecule has 2 aliphatic heterocycles. The first-order valence-electron chi connectivity index (χ1n) is 9.17. The molecule has 8 nitrogen and oxygen atoms in total. The second kappa shape index (κ2) is 7.63. The second-order valence-corrected chi connectivity index (χ2v) is 6.72. The van der Waals surface area contributed by atoms with Crippen LogP contribution in [0.3, 0.4) is 0 Å². The topological polar surface area (TPSA) is 68.0 Å². The maximum absolute atomic E-state index is 5.85. The fraction of sp³-hybridized carbons (Fsp3) is 0.706. The number of fused-ring (bicyclic) bond motifs is 1. The van der Waals surface area contributed by atoms with Gasteiger partial charge >= 0.3 is 0 Å². The highest BCUT2D eigenvalue weighted by Crippen LogP contribution is 2.18. The Bertz CT molecular complexity index is 692. The molecule has 4 heterocycles. The van der Waals surface area contributed by atoms with Crippen LogP contribution in [-0.2, 0) is 9.47 Å². The predicted octanol–water partition coefficient (Wildman–Crippen LogP) is 1.10. The third-order valence-corrected chi connectivity index (χ3v) is 4.91. The molecule has 0 N–H and O–H groups in total. The maximum atomic E-state index is 5.85. The second-order valence-electron chi connectivity index (χ2n) is 6.72. The Hall–Kier alpha value is -1.77. The van der Waals surface area contributed by atoms with Crippen LogP contribution in [0.1, 0.15) is 25.0 Å². The molecule has 0 aromatic carbocycles. The zero-order chi connectivity index (χ0) is 17.1. The van der Waals surface area contributed by atoms with E-state index < -0.39 is 0 Å². The highest BCUT2D eigenvalue weighted by Gasteiger charge is 2.21. The zero-order valence-corrected chi connectivity index (χ0v) is 14.8. The van der Waals surface area contributed by atoms with Crippen molar-refractivity contribution in [3.05, 3.63) is 18.1 Å². The van der Waals surface area contributed by atoms with E-state index in [0.29, 0.717) is 5.78 Å². The summed E-state index contributed by atoms with van der Waals surface area (Å²) in [6.07, 6.45) is 4.98. The maximum Gasteiger partial charge on any atom is 0.254 e. The lowest BCUT2D eigenvalue weighted by Crippen LogP contribution is -2.48. The van der Waals surface area contributed by atoms with Gasteiger partial charge in [-0.2, -0.15) is 14.6 Å². The first-order valence-corrected chi connectivity index (χ1v) is 9.17. The summed E-state index contributed by atoms with van der Waals surface area (Å²) in [5, 5.41) is 4.31. The van der Waals surface area contributed by atoms with Gasteiger partial charge in [0.05, 0.1) is 6.61 Å². The summed E-state index contributed by atoms with van der Waals surface area (Å²) in [4.78, 5) is 13.4. The largest absolute Gasteiger partial charge is 0.354 e. The first-order chi connectivity index (χ1) is 12.3. The fourth-order valence-electron chi connectivity index (χ4n) is 3.49. The molecule has 2 saturated heterocycles. The molecule has 0 aliphatic carbocycles. The van der Waals surface area contributed by atoms with E-state index in [2.05, 4.69) is 30.9 Å². The van der Waals surface area contributed by atoms with Crippen LogP contribution < -0.4 is 4.90 Å². The molecule has 136 valence electrons. The molecule has 8 heteroatoms. The van der Waals surface area contributed by atoms with Crippen molar-refractivity contribution in [1.82, 2.24) is 24.5 Å². The van der Waals surface area contributed by atoms with E-state index in [0.717, 1.165) is 70.3 Å². The molecule has 2 aliphatic rings. The molecule has 0 amide bonds. The third-order valence-electron chi connectivity index (χ3n) is 4.91. The van der Waals surface area contributed by atoms with E-state index >= 15 is 0 Å². The average Bonchev–Trinajstić information content (AvgIpc) is 3.11. The van der Waals surface area contributed by atoms with Gasteiger partial charge in [0.15, 0.2) is 6.29 Å². The highest BCUT2D eigenvalue weighted by atomic mass is 16.7. The van der Waals surface area contributed by atoms with Gasteiger partial charge in [0.25, 0.3) is 5.78 Å². The Morgan fingerprint density at radius 1 is 1.24 bits per heavy atom. The number of aryl methyl sites for hydroxylation is 1. The van der Waals surface area contributed by atoms with E-state index in [-0.39, 0.29) is 6.29 Å². The minimum Gasteiger partial charge on any atom is -0.354 e. The Labute approximate surface area is 147 Å². The minimum atomic E-state index is 0.00966. The Morgan fingerprint density at radius 3 is 2.92 bits per heavy atom. The summed E-state index contributed by atoms with van der Waals surface area (Å²) in [6.45, 7) is 8.52. The van der Waals surface area contributed by atoms with E-state index in [1.54, 1.807) is 6.33 Å². The molecule has 4 rings (SSSR count). The molecule has 0 radical (unpaired) electrons. The van der Waals surface area contributed by atoms with E-state index in [9.17, 15) is 0 Å². The van der Waals surface area contributed by atoms with Crippen LogP contribution in [0.2, 0.25) is 0 Å². The Balaban J connectivity index is 1.28. The summed E-state index contributed by atoms with van der Waals surface area (Å²) in [5.74, 6) is 1.74. The zero-order valence-electron chi connectivity index (χ0n) is 14.8. The van der Waals surface area contributed by atoms with Crippen LogP contribution in [-0.4, -0.2) is 76.7 Å². The quantitative estimate of drug-likeness (QED) is 0.803. The SMILES string of the molecule is Cc1cc(N2CCN(CCO[C@H]3CCCCO3)CC2)n2ncnc2n1. The number of ether oxygens (including phenoxy) is 2. The number of rotatable bonds is 5. The predicted molar refractivity (Wildman–Crippen MR) is 93.7 cm³/mol. The van der Waals surface area contributed by atoms with Crippen molar-refractivity contribution in [1.29, 1.82) is 0 Å². The van der Waals surface area contributed by atoms with Crippen molar-refractivity contribution in [2.24, 2.45) is 0 Å². The first kappa shape index (κ1) is 16.7. The van der Waals surface area contributed by atoms with Gasteiger partial charge in [0.1, 0.15) is 12.1 Å². The van der Waals surface area contributed by atoms with Gasteiger partial charge in [-0.15, -0.1) is 0 Å². The monoisotopic (exact) mass is 346 g/mol. The van der Waals surface area contributed by atoms with Crippen molar-refractivity contribution in [2.45, 2.75) is 32.5 Å². The number of hydrogen-bond donors (Lipinski definition) is 0. The molecule has 0 unspecified atom stereocenters. The summed E-state index contributed by atoms with van der Waals surface area (Å²) in [5.41, 5.74) is 0.971. The lowest BCUT2D eigenvalue weighted by atomic mass is 10.2. The number of aromatic nitrogens is 4. The Kier molecular flexibility index (Phi) is 5.09. The lowest BCUT2D eigenvalue weighted by Gasteiger charge is -2.36. The van der Waals surface area contributed by atoms with Crippen LogP contribution >= 0.6 is 0 Å². The fourth-order valence-corrected chi connectivity index (χ4v) is 3.49. The molecule has 0 bridgehead atoms. The van der Waals surface area contributed by atoms with Crippen LogP contribution in [0.5, 0.6) is 0 Å². The highest BCUT2D eigenvalue weighted by molar-refractivity contribution is 5.47. The van der Waals surface area contributed by atoms with Crippen molar-refractivity contribution in [3.63, 3.8) is 0 Å². The summed E-state index contributed by atoms with van der Waals surface area (Å²) in [6, 6.07) is 2.08. The number of anilines is 1.